The van der Waals surface area contributed by atoms with E-state index in [4.69, 9.17) is 0 Å². The zero-order chi connectivity index (χ0) is 15.0. The van der Waals surface area contributed by atoms with Crippen molar-refractivity contribution in [1.29, 1.82) is 0 Å². The summed E-state index contributed by atoms with van der Waals surface area (Å²) in [7, 11) is 0. The van der Waals surface area contributed by atoms with Gasteiger partial charge in [0.2, 0.25) is 0 Å². The van der Waals surface area contributed by atoms with Crippen molar-refractivity contribution in [2.75, 3.05) is 5.32 Å². The van der Waals surface area contributed by atoms with Crippen molar-refractivity contribution in [2.45, 2.75) is 39.7 Å². The van der Waals surface area contributed by atoms with E-state index in [1.165, 1.54) is 12.8 Å². The lowest BCUT2D eigenvalue weighted by Crippen LogP contribution is -2.22. The van der Waals surface area contributed by atoms with E-state index in [1.54, 1.807) is 6.07 Å². The fourth-order valence-corrected chi connectivity index (χ4v) is 3.53. The smallest absolute Gasteiger partial charge is 0.264 e. The van der Waals surface area contributed by atoms with Gasteiger partial charge in [-0.3, -0.25) is 15.0 Å². The first-order valence-electron chi connectivity index (χ1n) is 7.58. The minimum absolute atomic E-state index is 0.103. The summed E-state index contributed by atoms with van der Waals surface area (Å²) in [5.74, 6) is 0.695. The molecule has 2 unspecified atom stereocenters. The third-order valence-electron chi connectivity index (χ3n) is 4.48. The zero-order valence-corrected chi connectivity index (χ0v) is 12.9. The van der Waals surface area contributed by atoms with Crippen molar-refractivity contribution < 1.29 is 0 Å². The number of hydrogen-bond donors (Lipinski definition) is 3. The van der Waals surface area contributed by atoms with Crippen molar-refractivity contribution in [1.82, 2.24) is 10.2 Å². The van der Waals surface area contributed by atoms with Crippen LogP contribution in [-0.4, -0.2) is 16.2 Å². The molecular weight excluding hydrogens is 262 g/mol. The van der Waals surface area contributed by atoms with Crippen LogP contribution in [0.3, 0.4) is 0 Å². The van der Waals surface area contributed by atoms with Gasteiger partial charge in [-0.05, 0) is 41.9 Å². The maximum atomic E-state index is 11.2. The number of benzene rings is 1. The highest BCUT2D eigenvalue weighted by Gasteiger charge is 2.36. The van der Waals surface area contributed by atoms with Crippen molar-refractivity contribution in [2.24, 2.45) is 11.3 Å². The van der Waals surface area contributed by atoms with E-state index in [2.05, 4.69) is 48.4 Å². The molecule has 0 spiro atoms. The van der Waals surface area contributed by atoms with Gasteiger partial charge in [0.15, 0.2) is 0 Å². The number of hydrogen-bond acceptors (Lipinski definition) is 2. The van der Waals surface area contributed by atoms with Crippen LogP contribution in [0.1, 0.15) is 33.6 Å². The topological polar surface area (TPSA) is 60.7 Å². The van der Waals surface area contributed by atoms with E-state index in [1.807, 2.05) is 12.1 Å². The summed E-state index contributed by atoms with van der Waals surface area (Å²) in [5, 5.41) is 9.08. The van der Waals surface area contributed by atoms with Crippen molar-refractivity contribution in [3.63, 3.8) is 0 Å². The van der Waals surface area contributed by atoms with Gasteiger partial charge < -0.3 is 5.32 Å². The Morgan fingerprint density at radius 2 is 1.86 bits per heavy atom. The van der Waals surface area contributed by atoms with Crippen LogP contribution < -0.4 is 10.9 Å². The van der Waals surface area contributed by atoms with Gasteiger partial charge >= 0.3 is 0 Å². The molecule has 2 atom stereocenters. The summed E-state index contributed by atoms with van der Waals surface area (Å²) in [6, 6.07) is 10.3. The molecular formula is C17H23N3O. The maximum absolute atomic E-state index is 11.2. The molecule has 0 bridgehead atoms. The first-order valence-corrected chi connectivity index (χ1v) is 7.58. The summed E-state index contributed by atoms with van der Waals surface area (Å²) >= 11 is 0. The summed E-state index contributed by atoms with van der Waals surface area (Å²) in [4.78, 5) is 11.2. The fraction of sp³-hybridized carbons (Fsp3) is 0.471. The monoisotopic (exact) mass is 285 g/mol. The average Bonchev–Trinajstić information content (AvgIpc) is 2.94. The van der Waals surface area contributed by atoms with E-state index < -0.39 is 0 Å². The van der Waals surface area contributed by atoms with Gasteiger partial charge in [-0.15, -0.1) is 0 Å². The largest absolute Gasteiger partial charge is 0.382 e. The second-order valence-electron chi connectivity index (χ2n) is 7.05. The van der Waals surface area contributed by atoms with Gasteiger partial charge in [0, 0.05) is 17.8 Å². The standard InChI is InChI=1S/C17H23N3O/c1-11-9-17(2,3)10-15(11)18-13-6-4-12(5-7-13)14-8-16(21)20-19-14/h4-8,11,15,18H,9-10H2,1-3H3,(H2,19,20,21). The maximum Gasteiger partial charge on any atom is 0.264 e. The number of nitrogens with one attached hydrogen (secondary N) is 3. The Kier molecular flexibility index (Phi) is 3.40. The third kappa shape index (κ3) is 3.04. The van der Waals surface area contributed by atoms with E-state index in [0.717, 1.165) is 16.9 Å². The molecule has 1 heterocycles. The molecule has 0 aliphatic heterocycles. The van der Waals surface area contributed by atoms with Crippen LogP contribution in [0.15, 0.2) is 35.1 Å². The number of H-pyrrole nitrogens is 2. The Labute approximate surface area is 125 Å². The summed E-state index contributed by atoms with van der Waals surface area (Å²) in [6.07, 6.45) is 2.48. The van der Waals surface area contributed by atoms with Crippen LogP contribution in [0, 0.1) is 11.3 Å². The molecule has 1 saturated carbocycles. The molecule has 3 rings (SSSR count). The van der Waals surface area contributed by atoms with Crippen LogP contribution in [0.25, 0.3) is 11.3 Å². The lowest BCUT2D eigenvalue weighted by molar-refractivity contribution is 0.366. The van der Waals surface area contributed by atoms with E-state index in [-0.39, 0.29) is 5.56 Å². The van der Waals surface area contributed by atoms with Crippen LogP contribution in [0.4, 0.5) is 5.69 Å². The molecule has 112 valence electrons. The molecule has 1 aliphatic rings. The van der Waals surface area contributed by atoms with Gasteiger partial charge in [-0.25, -0.2) is 0 Å². The Bertz CT molecular complexity index is 666. The Hall–Kier alpha value is -1.97. The summed E-state index contributed by atoms with van der Waals surface area (Å²) in [5.41, 5.74) is 3.31. The predicted octanol–water partition coefficient (Wildman–Crippen LogP) is 3.61. The van der Waals surface area contributed by atoms with E-state index in [9.17, 15) is 4.79 Å². The quantitative estimate of drug-likeness (QED) is 0.807. The Balaban J connectivity index is 1.72. The Morgan fingerprint density at radius 1 is 1.14 bits per heavy atom. The molecule has 4 nitrogen and oxygen atoms in total. The predicted molar refractivity (Wildman–Crippen MR) is 86.4 cm³/mol. The highest BCUT2D eigenvalue weighted by molar-refractivity contribution is 5.62. The first-order chi connectivity index (χ1) is 9.93. The minimum Gasteiger partial charge on any atom is -0.382 e. The SMILES string of the molecule is CC1CC(C)(C)CC1Nc1ccc(-c2cc(=O)[nH][nH]2)cc1. The molecule has 4 heteroatoms. The third-order valence-corrected chi connectivity index (χ3v) is 4.48. The highest BCUT2D eigenvalue weighted by atomic mass is 16.1. The van der Waals surface area contributed by atoms with Crippen molar-refractivity contribution >= 4 is 5.69 Å². The molecule has 0 radical (unpaired) electrons. The molecule has 3 N–H and O–H groups in total. The number of anilines is 1. The van der Waals surface area contributed by atoms with Gasteiger partial charge in [0.1, 0.15) is 0 Å². The van der Waals surface area contributed by atoms with Gasteiger partial charge in [0.05, 0.1) is 5.69 Å². The lowest BCUT2D eigenvalue weighted by Gasteiger charge is -2.20. The van der Waals surface area contributed by atoms with Gasteiger partial charge in [0.25, 0.3) is 5.56 Å². The van der Waals surface area contributed by atoms with Crippen LogP contribution in [0.5, 0.6) is 0 Å². The molecule has 0 saturated heterocycles. The van der Waals surface area contributed by atoms with E-state index >= 15 is 0 Å². The second kappa shape index (κ2) is 5.10. The first kappa shape index (κ1) is 14.0. The molecule has 1 fully saturated rings. The minimum atomic E-state index is -0.103. The Morgan fingerprint density at radius 3 is 2.38 bits per heavy atom. The number of aromatic nitrogens is 2. The normalized spacial score (nSPS) is 24.1. The molecule has 1 aromatic carbocycles. The number of rotatable bonds is 3. The fourth-order valence-electron chi connectivity index (χ4n) is 3.53. The van der Waals surface area contributed by atoms with Crippen LogP contribution in [0.2, 0.25) is 0 Å². The van der Waals surface area contributed by atoms with Gasteiger partial charge in [-0.2, -0.15) is 0 Å². The second-order valence-corrected chi connectivity index (χ2v) is 7.05. The number of aromatic amines is 2. The zero-order valence-electron chi connectivity index (χ0n) is 12.9. The molecule has 2 aromatic rings. The average molecular weight is 285 g/mol. The van der Waals surface area contributed by atoms with E-state index in [0.29, 0.717) is 17.4 Å². The van der Waals surface area contributed by atoms with Gasteiger partial charge in [-0.1, -0.05) is 32.9 Å². The van der Waals surface area contributed by atoms with Crippen molar-refractivity contribution in [3.05, 3.63) is 40.7 Å². The highest BCUT2D eigenvalue weighted by Crippen LogP contribution is 2.42. The van der Waals surface area contributed by atoms with Crippen LogP contribution >= 0.6 is 0 Å². The lowest BCUT2D eigenvalue weighted by atomic mass is 9.91. The molecule has 0 amide bonds. The molecule has 1 aromatic heterocycles. The van der Waals surface area contributed by atoms with Crippen molar-refractivity contribution in [3.8, 4) is 11.3 Å². The summed E-state index contributed by atoms with van der Waals surface area (Å²) in [6.45, 7) is 7.01. The van der Waals surface area contributed by atoms with Crippen LogP contribution in [-0.2, 0) is 0 Å². The summed E-state index contributed by atoms with van der Waals surface area (Å²) < 4.78 is 0. The molecule has 1 aliphatic carbocycles. The molecule has 21 heavy (non-hydrogen) atoms.